The Morgan fingerprint density at radius 1 is 1.20 bits per heavy atom. The largest absolute Gasteiger partial charge is 0.377 e. The number of rotatable bonds is 4. The number of aryl methyl sites for hydroxylation is 2. The quantitative estimate of drug-likeness (QED) is 0.335. The highest BCUT2D eigenvalue weighted by Crippen LogP contribution is 2.36. The molecule has 0 N–H and O–H groups in total. The summed E-state index contributed by atoms with van der Waals surface area (Å²) in [6, 6.07) is 4.34. The molecule has 2 aliphatic rings. The first-order valence-electron chi connectivity index (χ1n) is 12.0. The van der Waals surface area contributed by atoms with E-state index in [1.807, 2.05) is 40.1 Å². The minimum Gasteiger partial charge on any atom is -0.377 e. The standard InChI is InChI=1S/C23H28IN9O2/c1-14-13-34-11-9-31(14)18-12-16(20-15(2)27-29-30(20)3)21-22(24)26-23(33(21)28-18)17-7-8-25-32(17)19-6-4-5-10-35-19/h7-8,12,14,19H,4-6,9-11,13H2,1-3H3/t14-,19?/m1/s1. The lowest BCUT2D eigenvalue weighted by molar-refractivity contribution is -0.0384. The van der Waals surface area contributed by atoms with Crippen LogP contribution in [0, 0.1) is 10.6 Å². The molecule has 1 unspecified atom stereocenters. The number of nitrogens with zero attached hydrogens (tertiary/aromatic N) is 9. The molecule has 6 rings (SSSR count). The van der Waals surface area contributed by atoms with Crippen molar-refractivity contribution in [2.75, 3.05) is 31.3 Å². The molecule has 184 valence electrons. The van der Waals surface area contributed by atoms with Gasteiger partial charge in [-0.3, -0.25) is 0 Å². The van der Waals surface area contributed by atoms with Gasteiger partial charge in [0.05, 0.1) is 30.6 Å². The van der Waals surface area contributed by atoms with Gasteiger partial charge in [-0.1, -0.05) is 5.21 Å². The Hall–Kier alpha value is -2.58. The molecule has 4 aromatic heterocycles. The summed E-state index contributed by atoms with van der Waals surface area (Å²) in [5.74, 6) is 1.62. The van der Waals surface area contributed by atoms with Gasteiger partial charge in [0.15, 0.2) is 17.9 Å². The van der Waals surface area contributed by atoms with E-state index in [4.69, 9.17) is 19.6 Å². The molecule has 0 aliphatic carbocycles. The monoisotopic (exact) mass is 589 g/mol. The highest BCUT2D eigenvalue weighted by atomic mass is 127. The zero-order valence-electron chi connectivity index (χ0n) is 20.1. The van der Waals surface area contributed by atoms with Crippen LogP contribution in [0.15, 0.2) is 18.3 Å². The van der Waals surface area contributed by atoms with Crippen LogP contribution in [0.5, 0.6) is 0 Å². The van der Waals surface area contributed by atoms with Crippen LogP contribution in [-0.4, -0.2) is 71.8 Å². The zero-order chi connectivity index (χ0) is 24.1. The summed E-state index contributed by atoms with van der Waals surface area (Å²) in [5, 5.41) is 18.3. The van der Waals surface area contributed by atoms with Crippen LogP contribution in [0.3, 0.4) is 0 Å². The van der Waals surface area contributed by atoms with E-state index < -0.39 is 0 Å². The Bertz CT molecular complexity index is 1350. The number of imidazole rings is 1. The number of aromatic nitrogens is 8. The van der Waals surface area contributed by atoms with Gasteiger partial charge in [0, 0.05) is 32.0 Å². The smallest absolute Gasteiger partial charge is 0.181 e. The van der Waals surface area contributed by atoms with Crippen LogP contribution in [-0.2, 0) is 16.5 Å². The van der Waals surface area contributed by atoms with Gasteiger partial charge in [0.25, 0.3) is 0 Å². The number of ether oxygens (including phenoxy) is 2. The molecule has 35 heavy (non-hydrogen) atoms. The van der Waals surface area contributed by atoms with E-state index in [0.29, 0.717) is 13.2 Å². The molecule has 0 saturated carbocycles. The minimum absolute atomic E-state index is 0.0933. The van der Waals surface area contributed by atoms with Crippen LogP contribution in [0.1, 0.15) is 38.1 Å². The summed E-state index contributed by atoms with van der Waals surface area (Å²) < 4.78 is 18.3. The van der Waals surface area contributed by atoms with E-state index in [1.165, 1.54) is 0 Å². The average Bonchev–Trinajstić information content (AvgIpc) is 3.57. The van der Waals surface area contributed by atoms with E-state index in [1.54, 1.807) is 0 Å². The molecular formula is C23H28IN9O2. The Balaban J connectivity index is 1.59. The first kappa shape index (κ1) is 22.9. The molecule has 4 aromatic rings. The van der Waals surface area contributed by atoms with Crippen molar-refractivity contribution in [1.82, 2.24) is 39.4 Å². The number of fused-ring (bicyclic) bond motifs is 1. The van der Waals surface area contributed by atoms with E-state index in [2.05, 4.69) is 55.9 Å². The Labute approximate surface area is 216 Å². The molecule has 2 atom stereocenters. The van der Waals surface area contributed by atoms with Crippen LogP contribution in [0.25, 0.3) is 28.3 Å². The van der Waals surface area contributed by atoms with Crippen LogP contribution >= 0.6 is 22.6 Å². The second-order valence-electron chi connectivity index (χ2n) is 9.15. The van der Waals surface area contributed by atoms with Gasteiger partial charge >= 0.3 is 0 Å². The number of hydrogen-bond donors (Lipinski definition) is 0. The third kappa shape index (κ3) is 3.91. The third-order valence-corrected chi connectivity index (χ3v) is 7.54. The first-order chi connectivity index (χ1) is 17.0. The molecule has 2 aliphatic heterocycles. The predicted molar refractivity (Wildman–Crippen MR) is 138 cm³/mol. The summed E-state index contributed by atoms with van der Waals surface area (Å²) in [6.45, 7) is 7.01. The molecular weight excluding hydrogens is 561 g/mol. The van der Waals surface area contributed by atoms with E-state index in [0.717, 1.165) is 75.9 Å². The topological polar surface area (TPSA) is 100 Å². The van der Waals surface area contributed by atoms with E-state index in [-0.39, 0.29) is 12.3 Å². The maximum absolute atomic E-state index is 6.05. The molecule has 0 radical (unpaired) electrons. The summed E-state index contributed by atoms with van der Waals surface area (Å²) >= 11 is 2.30. The molecule has 2 saturated heterocycles. The van der Waals surface area contributed by atoms with Crippen molar-refractivity contribution in [2.24, 2.45) is 7.05 Å². The maximum atomic E-state index is 6.05. The average molecular weight is 589 g/mol. The van der Waals surface area contributed by atoms with Crippen LogP contribution < -0.4 is 4.90 Å². The van der Waals surface area contributed by atoms with Crippen LogP contribution in [0.2, 0.25) is 0 Å². The van der Waals surface area contributed by atoms with Crippen molar-refractivity contribution in [2.45, 2.75) is 45.4 Å². The van der Waals surface area contributed by atoms with Crippen molar-refractivity contribution < 1.29 is 9.47 Å². The van der Waals surface area contributed by atoms with Crippen LogP contribution in [0.4, 0.5) is 5.82 Å². The van der Waals surface area contributed by atoms with Gasteiger partial charge in [-0.15, -0.1) is 10.2 Å². The molecule has 0 bridgehead atoms. The van der Waals surface area contributed by atoms with E-state index >= 15 is 0 Å². The van der Waals surface area contributed by atoms with Crippen molar-refractivity contribution in [3.05, 3.63) is 27.7 Å². The number of anilines is 1. The highest BCUT2D eigenvalue weighted by molar-refractivity contribution is 14.1. The first-order valence-corrected chi connectivity index (χ1v) is 13.1. The second kappa shape index (κ2) is 9.13. The summed E-state index contributed by atoms with van der Waals surface area (Å²) in [4.78, 5) is 7.30. The minimum atomic E-state index is -0.0933. The number of hydrogen-bond acceptors (Lipinski definition) is 8. The maximum Gasteiger partial charge on any atom is 0.181 e. The van der Waals surface area contributed by atoms with Gasteiger partial charge in [0.1, 0.15) is 14.9 Å². The highest BCUT2D eigenvalue weighted by Gasteiger charge is 2.28. The molecule has 2 fully saturated rings. The van der Waals surface area contributed by atoms with Crippen molar-refractivity contribution in [3.8, 4) is 22.8 Å². The zero-order valence-corrected chi connectivity index (χ0v) is 22.2. The lowest BCUT2D eigenvalue weighted by Gasteiger charge is -2.34. The van der Waals surface area contributed by atoms with E-state index in [9.17, 15) is 0 Å². The fourth-order valence-corrected chi connectivity index (χ4v) is 5.81. The van der Waals surface area contributed by atoms with Gasteiger partial charge < -0.3 is 14.4 Å². The Kier molecular flexibility index (Phi) is 5.96. The summed E-state index contributed by atoms with van der Waals surface area (Å²) in [7, 11) is 1.92. The Morgan fingerprint density at radius 3 is 2.83 bits per heavy atom. The number of morpholine rings is 1. The molecule has 11 nitrogen and oxygen atoms in total. The van der Waals surface area contributed by atoms with Gasteiger partial charge in [0.2, 0.25) is 0 Å². The molecule has 12 heteroatoms. The van der Waals surface area contributed by atoms with Crippen molar-refractivity contribution in [3.63, 3.8) is 0 Å². The van der Waals surface area contributed by atoms with Gasteiger partial charge in [-0.25, -0.2) is 18.9 Å². The molecule has 0 spiro atoms. The third-order valence-electron chi connectivity index (χ3n) is 6.78. The lowest BCUT2D eigenvalue weighted by atomic mass is 10.1. The normalized spacial score (nSPS) is 21.2. The van der Waals surface area contributed by atoms with Gasteiger partial charge in [-0.2, -0.15) is 5.10 Å². The predicted octanol–water partition coefficient (Wildman–Crippen LogP) is 3.23. The fraction of sp³-hybridized carbons (Fsp3) is 0.522. The summed E-state index contributed by atoms with van der Waals surface area (Å²) in [6.07, 6.45) is 4.86. The molecule has 0 amide bonds. The fourth-order valence-electron chi connectivity index (χ4n) is 5.06. The lowest BCUT2D eigenvalue weighted by Crippen LogP contribution is -2.44. The second-order valence-corrected chi connectivity index (χ2v) is 10.2. The molecule has 6 heterocycles. The van der Waals surface area contributed by atoms with Crippen molar-refractivity contribution >= 4 is 33.9 Å². The van der Waals surface area contributed by atoms with Gasteiger partial charge in [-0.05, 0) is 67.8 Å². The SMILES string of the molecule is Cc1nnn(C)c1-c1cc(N2CCOC[C@H]2C)nn2c(-c3ccnn3C3CCCCO3)nc(I)c12. The summed E-state index contributed by atoms with van der Waals surface area (Å²) in [5.41, 5.74) is 4.63. The Morgan fingerprint density at radius 2 is 2.09 bits per heavy atom. The number of halogens is 1. The van der Waals surface area contributed by atoms with Crippen molar-refractivity contribution in [1.29, 1.82) is 0 Å². The molecule has 0 aromatic carbocycles.